The molecule has 1 unspecified atom stereocenters. The number of nitrogens with zero attached hydrogens (tertiary/aromatic N) is 1. The highest BCUT2D eigenvalue weighted by atomic mass is 16.5. The zero-order valence-corrected chi connectivity index (χ0v) is 12.1. The highest BCUT2D eigenvalue weighted by Gasteiger charge is 2.24. The third kappa shape index (κ3) is 3.22. The van der Waals surface area contributed by atoms with Crippen LogP contribution in [0.2, 0.25) is 0 Å². The Hall–Kier alpha value is -1.75. The maximum atomic E-state index is 12.7. The molecule has 20 heavy (non-hydrogen) atoms. The Labute approximate surface area is 119 Å². The first-order valence-corrected chi connectivity index (χ1v) is 7.05. The normalized spacial score (nSPS) is 19.5. The van der Waals surface area contributed by atoms with Crippen LogP contribution in [0.3, 0.4) is 0 Å². The van der Waals surface area contributed by atoms with Crippen LogP contribution in [-0.4, -0.2) is 43.2 Å². The molecule has 2 N–H and O–H groups in total. The molecule has 0 radical (unpaired) electrons. The van der Waals surface area contributed by atoms with Crippen LogP contribution in [0.15, 0.2) is 18.2 Å². The van der Waals surface area contributed by atoms with E-state index in [4.69, 9.17) is 15.2 Å². The average molecular weight is 278 g/mol. The zero-order valence-electron chi connectivity index (χ0n) is 12.1. The minimum absolute atomic E-state index is 0.0434. The molecule has 1 aliphatic rings. The van der Waals surface area contributed by atoms with Gasteiger partial charge in [-0.1, -0.05) is 6.07 Å². The van der Waals surface area contributed by atoms with Crippen molar-refractivity contribution in [1.82, 2.24) is 4.90 Å². The van der Waals surface area contributed by atoms with Crippen LogP contribution in [-0.2, 0) is 4.74 Å². The summed E-state index contributed by atoms with van der Waals surface area (Å²) >= 11 is 0. The van der Waals surface area contributed by atoms with Gasteiger partial charge < -0.3 is 20.1 Å². The average Bonchev–Trinajstić information content (AvgIpc) is 2.65. The van der Waals surface area contributed by atoms with Crippen LogP contribution in [0.25, 0.3) is 0 Å². The number of carbonyl (C=O) groups is 1. The highest BCUT2D eigenvalue weighted by Crippen LogP contribution is 2.28. The fourth-order valence-electron chi connectivity index (χ4n) is 2.38. The molecular formula is C15H22N2O3. The molecule has 2 rings (SSSR count). The topological polar surface area (TPSA) is 64.8 Å². The highest BCUT2D eigenvalue weighted by molar-refractivity contribution is 5.98. The molecule has 1 amide bonds. The van der Waals surface area contributed by atoms with Crippen molar-refractivity contribution in [3.8, 4) is 5.75 Å². The van der Waals surface area contributed by atoms with Crippen LogP contribution >= 0.6 is 0 Å². The zero-order chi connectivity index (χ0) is 14.5. The second-order valence-electron chi connectivity index (χ2n) is 4.94. The Morgan fingerprint density at radius 1 is 1.55 bits per heavy atom. The lowest BCUT2D eigenvalue weighted by molar-refractivity contribution is 0.0560. The number of carbonyl (C=O) groups excluding carboxylic acids is 1. The number of hydrogen-bond acceptors (Lipinski definition) is 4. The summed E-state index contributed by atoms with van der Waals surface area (Å²) < 4.78 is 11.1. The molecule has 5 heteroatoms. The molecule has 0 aromatic heterocycles. The van der Waals surface area contributed by atoms with Crippen LogP contribution in [0, 0.1) is 0 Å². The van der Waals surface area contributed by atoms with Crippen molar-refractivity contribution in [2.45, 2.75) is 26.4 Å². The summed E-state index contributed by atoms with van der Waals surface area (Å²) in [5.41, 5.74) is 6.94. The van der Waals surface area contributed by atoms with E-state index < -0.39 is 0 Å². The van der Waals surface area contributed by atoms with Gasteiger partial charge in [0.25, 0.3) is 5.91 Å². The third-order valence-electron chi connectivity index (χ3n) is 3.30. The minimum atomic E-state index is -0.0434. The summed E-state index contributed by atoms with van der Waals surface area (Å²) in [4.78, 5) is 14.5. The van der Waals surface area contributed by atoms with E-state index in [0.717, 1.165) is 6.42 Å². The predicted octanol–water partition coefficient (Wildman–Crippen LogP) is 1.92. The molecule has 5 nitrogen and oxygen atoms in total. The van der Waals surface area contributed by atoms with Gasteiger partial charge in [-0.05, 0) is 32.4 Å². The Kier molecular flexibility index (Phi) is 4.84. The van der Waals surface area contributed by atoms with Gasteiger partial charge in [-0.25, -0.2) is 0 Å². The summed E-state index contributed by atoms with van der Waals surface area (Å²) in [5, 5.41) is 0. The molecule has 1 fully saturated rings. The fraction of sp³-hybridized carbons (Fsp3) is 0.533. The van der Waals surface area contributed by atoms with E-state index in [9.17, 15) is 4.79 Å². The van der Waals surface area contributed by atoms with Crippen molar-refractivity contribution in [2.24, 2.45) is 0 Å². The van der Waals surface area contributed by atoms with Gasteiger partial charge in [0, 0.05) is 19.7 Å². The molecule has 0 saturated carbocycles. The number of benzene rings is 1. The second-order valence-corrected chi connectivity index (χ2v) is 4.94. The van der Waals surface area contributed by atoms with Crippen LogP contribution in [0.5, 0.6) is 5.75 Å². The van der Waals surface area contributed by atoms with Crippen molar-refractivity contribution < 1.29 is 14.3 Å². The van der Waals surface area contributed by atoms with Gasteiger partial charge in [0.05, 0.1) is 24.0 Å². The smallest absolute Gasteiger partial charge is 0.257 e. The van der Waals surface area contributed by atoms with Crippen molar-refractivity contribution in [2.75, 3.05) is 32.0 Å². The van der Waals surface area contributed by atoms with Gasteiger partial charge in [-0.15, -0.1) is 0 Å². The Morgan fingerprint density at radius 3 is 3.10 bits per heavy atom. The molecule has 0 aliphatic carbocycles. The van der Waals surface area contributed by atoms with E-state index in [1.54, 1.807) is 18.2 Å². The SMILES string of the molecule is CCOc1c(N)cccc1C(=O)N1CCCOC(C)C1. The lowest BCUT2D eigenvalue weighted by Crippen LogP contribution is -2.36. The second kappa shape index (κ2) is 6.61. The molecule has 1 heterocycles. The quantitative estimate of drug-likeness (QED) is 0.858. The van der Waals surface area contributed by atoms with E-state index in [2.05, 4.69) is 0 Å². The summed E-state index contributed by atoms with van der Waals surface area (Å²) in [6, 6.07) is 5.29. The maximum absolute atomic E-state index is 12.7. The molecule has 0 spiro atoms. The molecule has 1 aliphatic heterocycles. The number of para-hydroxylation sites is 1. The van der Waals surface area contributed by atoms with E-state index >= 15 is 0 Å². The van der Waals surface area contributed by atoms with Gasteiger partial charge in [0.2, 0.25) is 0 Å². The van der Waals surface area contributed by atoms with E-state index in [0.29, 0.717) is 43.3 Å². The largest absolute Gasteiger partial charge is 0.491 e. The first-order chi connectivity index (χ1) is 9.63. The van der Waals surface area contributed by atoms with Gasteiger partial charge in [-0.3, -0.25) is 4.79 Å². The van der Waals surface area contributed by atoms with Crippen LogP contribution in [0.4, 0.5) is 5.69 Å². The number of rotatable bonds is 3. The molecular weight excluding hydrogens is 256 g/mol. The molecule has 1 aromatic carbocycles. The standard InChI is InChI=1S/C15H22N2O3/c1-3-19-14-12(6-4-7-13(14)16)15(18)17-8-5-9-20-11(2)10-17/h4,6-7,11H,3,5,8-10,16H2,1-2H3. The van der Waals surface area contributed by atoms with Crippen LogP contribution < -0.4 is 10.5 Å². The Morgan fingerprint density at radius 2 is 2.35 bits per heavy atom. The first-order valence-electron chi connectivity index (χ1n) is 7.05. The van der Waals surface area contributed by atoms with Crippen LogP contribution in [0.1, 0.15) is 30.6 Å². The maximum Gasteiger partial charge on any atom is 0.257 e. The third-order valence-corrected chi connectivity index (χ3v) is 3.30. The molecule has 1 atom stereocenters. The molecule has 1 saturated heterocycles. The van der Waals surface area contributed by atoms with Gasteiger partial charge >= 0.3 is 0 Å². The first kappa shape index (κ1) is 14.7. The predicted molar refractivity (Wildman–Crippen MR) is 78.0 cm³/mol. The monoisotopic (exact) mass is 278 g/mol. The lowest BCUT2D eigenvalue weighted by Gasteiger charge is -2.23. The number of nitrogen functional groups attached to an aromatic ring is 1. The molecule has 0 bridgehead atoms. The lowest BCUT2D eigenvalue weighted by atomic mass is 10.1. The summed E-state index contributed by atoms with van der Waals surface area (Å²) in [7, 11) is 0. The van der Waals surface area contributed by atoms with Crippen molar-refractivity contribution in [1.29, 1.82) is 0 Å². The number of hydrogen-bond donors (Lipinski definition) is 1. The Bertz CT molecular complexity index is 476. The molecule has 1 aromatic rings. The van der Waals surface area contributed by atoms with Crippen molar-refractivity contribution >= 4 is 11.6 Å². The van der Waals surface area contributed by atoms with E-state index in [1.807, 2.05) is 18.7 Å². The van der Waals surface area contributed by atoms with Crippen molar-refractivity contribution in [3.63, 3.8) is 0 Å². The van der Waals surface area contributed by atoms with Gasteiger partial charge in [-0.2, -0.15) is 0 Å². The fourth-order valence-corrected chi connectivity index (χ4v) is 2.38. The number of amides is 1. The minimum Gasteiger partial charge on any atom is -0.491 e. The van der Waals surface area contributed by atoms with E-state index in [-0.39, 0.29) is 12.0 Å². The van der Waals surface area contributed by atoms with E-state index in [1.165, 1.54) is 0 Å². The van der Waals surface area contributed by atoms with Crippen molar-refractivity contribution in [3.05, 3.63) is 23.8 Å². The summed E-state index contributed by atoms with van der Waals surface area (Å²) in [6.07, 6.45) is 0.903. The van der Waals surface area contributed by atoms with Gasteiger partial charge in [0.15, 0.2) is 5.75 Å². The summed E-state index contributed by atoms with van der Waals surface area (Å²) in [5.74, 6) is 0.441. The Balaban J connectivity index is 2.25. The summed E-state index contributed by atoms with van der Waals surface area (Å²) in [6.45, 7) is 6.33. The number of anilines is 1. The van der Waals surface area contributed by atoms with Gasteiger partial charge in [0.1, 0.15) is 0 Å². The number of ether oxygens (including phenoxy) is 2. The number of nitrogens with two attached hydrogens (primary N) is 1. The molecule has 110 valence electrons.